The Bertz CT molecular complexity index is 1030. The molecule has 0 amide bonds. The largest absolute Gasteiger partial charge is 0.491 e. The fraction of sp³-hybridized carbons (Fsp3) is 0.524. The third kappa shape index (κ3) is 3.43. The topological polar surface area (TPSA) is 105 Å². The molecular weight excluding hydrogens is 382 g/mol. The molecule has 1 saturated heterocycles. The highest BCUT2D eigenvalue weighted by atomic mass is 16.5. The van der Waals surface area contributed by atoms with Crippen molar-refractivity contribution in [2.75, 3.05) is 31.2 Å². The zero-order chi connectivity index (χ0) is 20.7. The molecule has 5 heterocycles. The molecule has 2 aliphatic heterocycles. The van der Waals surface area contributed by atoms with Crippen LogP contribution < -0.4 is 9.64 Å². The van der Waals surface area contributed by atoms with E-state index in [0.29, 0.717) is 24.9 Å². The second-order valence-corrected chi connectivity index (χ2v) is 8.34. The van der Waals surface area contributed by atoms with E-state index in [9.17, 15) is 5.11 Å². The lowest BCUT2D eigenvalue weighted by atomic mass is 9.98. The van der Waals surface area contributed by atoms with Gasteiger partial charge in [0.05, 0.1) is 12.1 Å². The van der Waals surface area contributed by atoms with E-state index in [0.717, 1.165) is 60.4 Å². The van der Waals surface area contributed by atoms with Crippen molar-refractivity contribution in [3.63, 3.8) is 0 Å². The summed E-state index contributed by atoms with van der Waals surface area (Å²) in [7, 11) is 0. The summed E-state index contributed by atoms with van der Waals surface area (Å²) >= 11 is 0. The molecule has 30 heavy (non-hydrogen) atoms. The highest BCUT2D eigenvalue weighted by Gasteiger charge is 2.24. The van der Waals surface area contributed by atoms with E-state index in [2.05, 4.69) is 38.5 Å². The number of fused-ring (bicyclic) bond motifs is 3. The van der Waals surface area contributed by atoms with Crippen LogP contribution in [-0.2, 0) is 6.54 Å². The van der Waals surface area contributed by atoms with Crippen molar-refractivity contribution >= 4 is 5.82 Å². The van der Waals surface area contributed by atoms with Crippen LogP contribution in [0.1, 0.15) is 38.4 Å². The van der Waals surface area contributed by atoms with Crippen molar-refractivity contribution in [1.29, 1.82) is 0 Å². The molecule has 0 aliphatic carbocycles. The van der Waals surface area contributed by atoms with Crippen LogP contribution in [-0.4, -0.2) is 61.1 Å². The molecule has 3 aromatic heterocycles. The van der Waals surface area contributed by atoms with Gasteiger partial charge in [-0.25, -0.2) is 15.0 Å². The standard InChI is InChI=1S/C21H27N7O2/c1-13(2)19-24-20(26-25-19)16-11-28-7-8-30-17-9-18(22-10-15(17)21(28)23-16)27-5-3-14(12-29)4-6-27/h9-11,13-14,29H,3-8,12H2,1-2H3,(H,24,25,26). The number of piperidine rings is 1. The fourth-order valence-electron chi connectivity index (χ4n) is 4.04. The number of aromatic nitrogens is 6. The molecule has 5 rings (SSSR count). The summed E-state index contributed by atoms with van der Waals surface area (Å²) in [5.74, 6) is 4.69. The molecule has 158 valence electrons. The van der Waals surface area contributed by atoms with Crippen LogP contribution in [0.3, 0.4) is 0 Å². The molecule has 2 aliphatic rings. The van der Waals surface area contributed by atoms with Gasteiger partial charge in [-0.3, -0.25) is 5.10 Å². The van der Waals surface area contributed by atoms with Gasteiger partial charge in [0.15, 0.2) is 0 Å². The van der Waals surface area contributed by atoms with Crippen LogP contribution in [0.25, 0.3) is 22.9 Å². The zero-order valence-electron chi connectivity index (χ0n) is 17.4. The third-order valence-electron chi connectivity index (χ3n) is 5.93. The first-order valence-corrected chi connectivity index (χ1v) is 10.6. The summed E-state index contributed by atoms with van der Waals surface area (Å²) in [4.78, 5) is 16.4. The minimum Gasteiger partial charge on any atom is -0.491 e. The number of H-pyrrole nitrogens is 1. The van der Waals surface area contributed by atoms with Gasteiger partial charge in [0.25, 0.3) is 0 Å². The maximum Gasteiger partial charge on any atom is 0.201 e. The molecule has 0 bridgehead atoms. The first-order chi connectivity index (χ1) is 14.6. The Morgan fingerprint density at radius 2 is 2.07 bits per heavy atom. The number of anilines is 1. The number of hydrogen-bond donors (Lipinski definition) is 2. The minimum atomic E-state index is 0.267. The van der Waals surface area contributed by atoms with Gasteiger partial charge in [-0.2, -0.15) is 5.10 Å². The molecule has 1 fully saturated rings. The highest BCUT2D eigenvalue weighted by Crippen LogP contribution is 2.35. The van der Waals surface area contributed by atoms with Gasteiger partial charge in [-0.05, 0) is 18.8 Å². The number of nitrogens with zero attached hydrogens (tertiary/aromatic N) is 6. The number of nitrogens with one attached hydrogen (secondary N) is 1. The van der Waals surface area contributed by atoms with Gasteiger partial charge in [-0.15, -0.1) is 0 Å². The molecule has 0 radical (unpaired) electrons. The second kappa shape index (κ2) is 7.71. The second-order valence-electron chi connectivity index (χ2n) is 8.34. The molecule has 0 aromatic carbocycles. The summed E-state index contributed by atoms with van der Waals surface area (Å²) in [5, 5.41) is 16.7. The van der Waals surface area contributed by atoms with Crippen LogP contribution >= 0.6 is 0 Å². The van der Waals surface area contributed by atoms with Gasteiger partial charge in [0, 0.05) is 44.1 Å². The molecule has 0 atom stereocenters. The fourth-order valence-corrected chi connectivity index (χ4v) is 4.04. The first-order valence-electron chi connectivity index (χ1n) is 10.6. The molecule has 0 spiro atoms. The third-order valence-corrected chi connectivity index (χ3v) is 5.93. The Balaban J connectivity index is 1.44. The highest BCUT2D eigenvalue weighted by molar-refractivity contribution is 5.69. The first kappa shape index (κ1) is 19.0. The van der Waals surface area contributed by atoms with Gasteiger partial charge in [0.1, 0.15) is 35.5 Å². The molecule has 3 aromatic rings. The Morgan fingerprint density at radius 3 is 2.80 bits per heavy atom. The van der Waals surface area contributed by atoms with Gasteiger partial charge >= 0.3 is 0 Å². The summed E-state index contributed by atoms with van der Waals surface area (Å²) in [5.41, 5.74) is 1.63. The SMILES string of the molecule is CC(C)c1nc(-c2cn3c(n2)-c2cnc(N4CCC(CO)CC4)cc2OCC3)n[nH]1. The van der Waals surface area contributed by atoms with Crippen molar-refractivity contribution < 1.29 is 9.84 Å². The molecule has 0 saturated carbocycles. The Kier molecular flexibility index (Phi) is 4.90. The van der Waals surface area contributed by atoms with Crippen molar-refractivity contribution in [3.8, 4) is 28.7 Å². The Hall–Kier alpha value is -2.94. The van der Waals surface area contributed by atoms with E-state index >= 15 is 0 Å². The van der Waals surface area contributed by atoms with Gasteiger partial charge in [-0.1, -0.05) is 13.8 Å². The van der Waals surface area contributed by atoms with E-state index in [1.807, 2.05) is 18.5 Å². The number of aliphatic hydroxyl groups is 1. The van der Waals surface area contributed by atoms with E-state index in [1.54, 1.807) is 0 Å². The smallest absolute Gasteiger partial charge is 0.201 e. The van der Waals surface area contributed by atoms with Crippen LogP contribution in [0.15, 0.2) is 18.5 Å². The number of hydrogen-bond acceptors (Lipinski definition) is 7. The maximum atomic E-state index is 9.37. The minimum absolute atomic E-state index is 0.267. The number of aliphatic hydroxyl groups excluding tert-OH is 1. The van der Waals surface area contributed by atoms with E-state index in [1.165, 1.54) is 0 Å². The van der Waals surface area contributed by atoms with Gasteiger partial charge < -0.3 is 19.3 Å². The number of rotatable bonds is 4. The Morgan fingerprint density at radius 1 is 1.23 bits per heavy atom. The lowest BCUT2D eigenvalue weighted by Crippen LogP contribution is -2.35. The average molecular weight is 409 g/mol. The van der Waals surface area contributed by atoms with Crippen LogP contribution in [0, 0.1) is 5.92 Å². The monoisotopic (exact) mass is 409 g/mol. The van der Waals surface area contributed by atoms with Crippen molar-refractivity contribution in [1.82, 2.24) is 29.7 Å². The quantitative estimate of drug-likeness (QED) is 0.682. The molecule has 2 N–H and O–H groups in total. The summed E-state index contributed by atoms with van der Waals surface area (Å²) < 4.78 is 8.12. The van der Waals surface area contributed by atoms with Crippen LogP contribution in [0.4, 0.5) is 5.82 Å². The maximum absolute atomic E-state index is 9.37. The molecule has 0 unspecified atom stereocenters. The normalized spacial score (nSPS) is 16.9. The van der Waals surface area contributed by atoms with E-state index in [-0.39, 0.29) is 12.5 Å². The lowest BCUT2D eigenvalue weighted by molar-refractivity contribution is 0.202. The van der Waals surface area contributed by atoms with E-state index < -0.39 is 0 Å². The van der Waals surface area contributed by atoms with Crippen molar-refractivity contribution in [3.05, 3.63) is 24.3 Å². The molecule has 9 heteroatoms. The van der Waals surface area contributed by atoms with Crippen molar-refractivity contribution in [2.45, 2.75) is 39.2 Å². The lowest BCUT2D eigenvalue weighted by Gasteiger charge is -2.32. The van der Waals surface area contributed by atoms with Crippen LogP contribution in [0.5, 0.6) is 5.75 Å². The van der Waals surface area contributed by atoms with Crippen LogP contribution in [0.2, 0.25) is 0 Å². The number of ether oxygens (including phenoxy) is 1. The average Bonchev–Trinajstić information content (AvgIpc) is 3.38. The zero-order valence-corrected chi connectivity index (χ0v) is 17.4. The number of imidazole rings is 1. The van der Waals surface area contributed by atoms with Crippen molar-refractivity contribution in [2.24, 2.45) is 5.92 Å². The summed E-state index contributed by atoms with van der Waals surface area (Å²) in [6.45, 7) is 7.50. The predicted octanol–water partition coefficient (Wildman–Crippen LogP) is 2.45. The molecular formula is C21H27N7O2. The summed E-state index contributed by atoms with van der Waals surface area (Å²) in [6, 6.07) is 2.02. The van der Waals surface area contributed by atoms with E-state index in [4.69, 9.17) is 14.7 Å². The number of aromatic amines is 1. The predicted molar refractivity (Wildman–Crippen MR) is 112 cm³/mol. The van der Waals surface area contributed by atoms with Gasteiger partial charge in [0.2, 0.25) is 5.82 Å². The Labute approximate surface area is 175 Å². The molecule has 9 nitrogen and oxygen atoms in total. The number of pyridine rings is 1. The summed E-state index contributed by atoms with van der Waals surface area (Å²) in [6.07, 6.45) is 5.81.